The summed E-state index contributed by atoms with van der Waals surface area (Å²) in [6, 6.07) is 2.18. The lowest BCUT2D eigenvalue weighted by molar-refractivity contribution is -0.144. The second-order valence-electron chi connectivity index (χ2n) is 11.4. The lowest BCUT2D eigenvalue weighted by Crippen LogP contribution is -2.52. The van der Waals surface area contributed by atoms with E-state index in [-0.39, 0.29) is 36.6 Å². The number of hydrogen-bond donors (Lipinski definition) is 1. The third kappa shape index (κ3) is 4.44. The van der Waals surface area contributed by atoms with E-state index in [1.165, 1.54) is 18.9 Å². The fourth-order valence-corrected chi connectivity index (χ4v) is 7.09. The summed E-state index contributed by atoms with van der Waals surface area (Å²) in [6.45, 7) is 3.67. The summed E-state index contributed by atoms with van der Waals surface area (Å²) in [5, 5.41) is 3.80. The Morgan fingerprint density at radius 1 is 1.31 bits per heavy atom. The van der Waals surface area contributed by atoms with E-state index >= 15 is 0 Å². The predicted molar refractivity (Wildman–Crippen MR) is 125 cm³/mol. The number of ether oxygens (including phenoxy) is 2. The van der Waals surface area contributed by atoms with Crippen LogP contribution in [0.1, 0.15) is 48.9 Å². The number of alkyl halides is 3. The van der Waals surface area contributed by atoms with Gasteiger partial charge in [-0.15, -0.1) is 0 Å². The number of nitrogens with one attached hydrogen (secondary N) is 1. The molecule has 198 valence electrons. The molecule has 1 aromatic heterocycles. The molecule has 1 N–H and O–H groups in total. The zero-order chi connectivity index (χ0) is 25.1. The van der Waals surface area contributed by atoms with Gasteiger partial charge in [-0.05, 0) is 49.7 Å². The number of fused-ring (bicyclic) bond motifs is 2. The van der Waals surface area contributed by atoms with E-state index in [0.29, 0.717) is 43.5 Å². The van der Waals surface area contributed by atoms with Crippen molar-refractivity contribution in [3.05, 3.63) is 29.1 Å². The first-order chi connectivity index (χ1) is 17.3. The molecule has 0 spiro atoms. The molecule has 0 radical (unpaired) electrons. The van der Waals surface area contributed by atoms with Gasteiger partial charge in [0.05, 0.1) is 23.7 Å². The molecule has 5 aliphatic rings. The monoisotopic (exact) mass is 508 g/mol. The highest BCUT2D eigenvalue weighted by Crippen LogP contribution is 2.52. The SMILES string of the molecule is COC1COCCC1NC1CC2CN(C3CC3)CC2(C(=O)N2CCc3ncc(C(F)(F)F)cc3C2)C1. The van der Waals surface area contributed by atoms with Crippen molar-refractivity contribution in [3.8, 4) is 0 Å². The number of carbonyl (C=O) groups is 1. The second-order valence-corrected chi connectivity index (χ2v) is 11.4. The Balaban J connectivity index is 1.21. The first kappa shape index (κ1) is 24.6. The van der Waals surface area contributed by atoms with Gasteiger partial charge in [0.1, 0.15) is 0 Å². The van der Waals surface area contributed by atoms with Crippen LogP contribution in [0.4, 0.5) is 13.2 Å². The molecule has 1 amide bonds. The molecule has 2 saturated carbocycles. The minimum absolute atomic E-state index is 0.00253. The van der Waals surface area contributed by atoms with E-state index < -0.39 is 17.2 Å². The van der Waals surface area contributed by atoms with Gasteiger partial charge in [0.15, 0.2) is 0 Å². The van der Waals surface area contributed by atoms with Crippen molar-refractivity contribution in [3.63, 3.8) is 0 Å². The lowest BCUT2D eigenvalue weighted by Gasteiger charge is -2.38. The van der Waals surface area contributed by atoms with Crippen LogP contribution in [0.15, 0.2) is 12.3 Å². The van der Waals surface area contributed by atoms with Gasteiger partial charge >= 0.3 is 6.18 Å². The van der Waals surface area contributed by atoms with Crippen molar-refractivity contribution in [2.24, 2.45) is 11.3 Å². The summed E-state index contributed by atoms with van der Waals surface area (Å²) in [5.74, 6) is 0.364. The lowest BCUT2D eigenvalue weighted by atomic mass is 9.78. The zero-order valence-corrected chi connectivity index (χ0v) is 20.7. The average Bonchev–Trinajstić information content (AvgIpc) is 3.57. The number of rotatable bonds is 5. The van der Waals surface area contributed by atoms with Gasteiger partial charge < -0.3 is 19.7 Å². The Morgan fingerprint density at radius 3 is 2.89 bits per heavy atom. The minimum Gasteiger partial charge on any atom is -0.379 e. The van der Waals surface area contributed by atoms with Crippen LogP contribution >= 0.6 is 0 Å². The standard InChI is InChI=1S/C26H35F3N4O3/c1-35-23-14-36-7-5-22(23)31-19-9-18-13-33(20-2-3-20)15-25(18,10-19)24(34)32-6-4-21-16(12-32)8-17(11-30-21)26(27,28)29/h8,11,18-20,22-23,31H,2-7,9-10,12-15H2,1H3. The third-order valence-corrected chi connectivity index (χ3v) is 9.10. The van der Waals surface area contributed by atoms with Crippen LogP contribution in [0.25, 0.3) is 0 Å². The van der Waals surface area contributed by atoms with Crippen LogP contribution in [0.5, 0.6) is 0 Å². The molecule has 3 aliphatic heterocycles. The van der Waals surface area contributed by atoms with E-state index in [9.17, 15) is 18.0 Å². The smallest absolute Gasteiger partial charge is 0.379 e. The Hall–Kier alpha value is -1.75. The highest BCUT2D eigenvalue weighted by atomic mass is 19.4. The fourth-order valence-electron chi connectivity index (χ4n) is 7.09. The number of hydrogen-bond acceptors (Lipinski definition) is 6. The predicted octanol–water partition coefficient (Wildman–Crippen LogP) is 2.62. The number of nitrogens with zero attached hydrogens (tertiary/aromatic N) is 3. The number of amides is 1. The summed E-state index contributed by atoms with van der Waals surface area (Å²) in [4.78, 5) is 22.6. The van der Waals surface area contributed by atoms with Crippen molar-refractivity contribution >= 4 is 5.91 Å². The molecule has 1 aromatic rings. The topological polar surface area (TPSA) is 66.9 Å². The molecule has 5 atom stereocenters. The van der Waals surface area contributed by atoms with Gasteiger partial charge in [-0.2, -0.15) is 13.2 Å². The van der Waals surface area contributed by atoms with Gasteiger partial charge in [-0.3, -0.25) is 14.7 Å². The highest BCUT2D eigenvalue weighted by molar-refractivity contribution is 5.84. The minimum atomic E-state index is -4.44. The Bertz CT molecular complexity index is 1000. The zero-order valence-electron chi connectivity index (χ0n) is 20.7. The Kier molecular flexibility index (Phi) is 6.29. The van der Waals surface area contributed by atoms with Crippen molar-refractivity contribution in [2.45, 2.75) is 75.5 Å². The summed E-state index contributed by atoms with van der Waals surface area (Å²) >= 11 is 0. The van der Waals surface area contributed by atoms with Crippen LogP contribution < -0.4 is 5.32 Å². The van der Waals surface area contributed by atoms with Gasteiger partial charge in [-0.1, -0.05) is 0 Å². The summed E-state index contributed by atoms with van der Waals surface area (Å²) in [6.07, 6.45) is 1.93. The van der Waals surface area contributed by atoms with E-state index in [4.69, 9.17) is 9.47 Å². The Labute approximate surface area is 209 Å². The normalized spacial score (nSPS) is 35.1. The number of pyridine rings is 1. The van der Waals surface area contributed by atoms with Gasteiger partial charge in [0.2, 0.25) is 5.91 Å². The molecule has 4 heterocycles. The number of aromatic nitrogens is 1. The van der Waals surface area contributed by atoms with Crippen LogP contribution in [-0.4, -0.2) is 84.9 Å². The fraction of sp³-hybridized carbons (Fsp3) is 0.769. The van der Waals surface area contributed by atoms with Crippen LogP contribution in [0.3, 0.4) is 0 Å². The molecular weight excluding hydrogens is 473 g/mol. The molecule has 0 aromatic carbocycles. The molecule has 0 bridgehead atoms. The number of likely N-dealkylation sites (tertiary alicyclic amines) is 1. The summed E-state index contributed by atoms with van der Waals surface area (Å²) < 4.78 is 51.1. The van der Waals surface area contributed by atoms with E-state index in [0.717, 1.165) is 38.5 Å². The molecule has 5 unspecified atom stereocenters. The first-order valence-electron chi connectivity index (χ1n) is 13.2. The van der Waals surface area contributed by atoms with Crippen LogP contribution in [0, 0.1) is 11.3 Å². The van der Waals surface area contributed by atoms with Gasteiger partial charge in [0, 0.05) is 76.3 Å². The molecule has 36 heavy (non-hydrogen) atoms. The summed E-state index contributed by atoms with van der Waals surface area (Å²) in [7, 11) is 1.71. The largest absolute Gasteiger partial charge is 0.417 e. The molecule has 2 saturated heterocycles. The molecule has 7 nitrogen and oxygen atoms in total. The number of carbonyl (C=O) groups excluding carboxylic acids is 1. The van der Waals surface area contributed by atoms with Crippen molar-refractivity contribution in [1.29, 1.82) is 0 Å². The molecular formula is C26H35F3N4O3. The third-order valence-electron chi connectivity index (χ3n) is 9.10. The van der Waals surface area contributed by atoms with Crippen molar-refractivity contribution < 1.29 is 27.4 Å². The molecule has 6 rings (SSSR count). The maximum atomic E-state index is 14.2. The van der Waals surface area contributed by atoms with E-state index in [1.807, 2.05) is 4.90 Å². The molecule has 4 fully saturated rings. The summed E-state index contributed by atoms with van der Waals surface area (Å²) in [5.41, 5.74) is -0.0438. The number of methoxy groups -OCH3 is 1. The number of halogens is 3. The first-order valence-corrected chi connectivity index (χ1v) is 13.2. The van der Waals surface area contributed by atoms with E-state index in [2.05, 4.69) is 15.2 Å². The van der Waals surface area contributed by atoms with Crippen molar-refractivity contribution in [2.75, 3.05) is 40.0 Å². The van der Waals surface area contributed by atoms with Gasteiger partial charge in [-0.25, -0.2) is 0 Å². The van der Waals surface area contributed by atoms with Crippen LogP contribution in [-0.2, 0) is 33.4 Å². The van der Waals surface area contributed by atoms with Crippen LogP contribution in [0.2, 0.25) is 0 Å². The quantitative estimate of drug-likeness (QED) is 0.660. The Morgan fingerprint density at radius 2 is 2.14 bits per heavy atom. The average molecular weight is 509 g/mol. The maximum Gasteiger partial charge on any atom is 0.417 e. The molecule has 2 aliphatic carbocycles. The highest BCUT2D eigenvalue weighted by Gasteiger charge is 2.60. The van der Waals surface area contributed by atoms with E-state index in [1.54, 1.807) is 7.11 Å². The maximum absolute atomic E-state index is 14.2. The van der Waals surface area contributed by atoms with Crippen molar-refractivity contribution in [1.82, 2.24) is 20.1 Å². The second kappa shape index (κ2) is 9.22. The van der Waals surface area contributed by atoms with Gasteiger partial charge in [0.25, 0.3) is 0 Å². The molecule has 10 heteroatoms.